The van der Waals surface area contributed by atoms with Crippen molar-refractivity contribution in [2.24, 2.45) is 0 Å². The molecule has 0 fully saturated rings. The SMILES string of the molecule is CC(C)c1ccncc1.COc1ccc(C(C)C)cc1.COc1ccc(C(C)C)cc1. The van der Waals surface area contributed by atoms with Gasteiger partial charge in [-0.05, 0) is 70.8 Å². The first-order valence-electron chi connectivity index (χ1n) is 11.0. The summed E-state index contributed by atoms with van der Waals surface area (Å²) in [6.45, 7) is 13.1. The van der Waals surface area contributed by atoms with Crippen molar-refractivity contribution in [1.82, 2.24) is 4.98 Å². The maximum absolute atomic E-state index is 5.05. The summed E-state index contributed by atoms with van der Waals surface area (Å²) in [5, 5.41) is 0. The zero-order valence-electron chi connectivity index (χ0n) is 20.4. The number of ether oxygens (including phenoxy) is 2. The van der Waals surface area contributed by atoms with E-state index in [1.165, 1.54) is 16.7 Å². The molecule has 1 heterocycles. The molecule has 31 heavy (non-hydrogen) atoms. The Kier molecular flexibility index (Phi) is 12.0. The largest absolute Gasteiger partial charge is 0.497 e. The Balaban J connectivity index is 0.000000234. The molecule has 3 nitrogen and oxygen atoms in total. The number of hydrogen-bond donors (Lipinski definition) is 0. The lowest BCUT2D eigenvalue weighted by Crippen LogP contribution is -1.87. The van der Waals surface area contributed by atoms with Gasteiger partial charge in [-0.15, -0.1) is 0 Å². The Hall–Kier alpha value is -2.81. The normalized spacial score (nSPS) is 10.2. The Bertz CT molecular complexity index is 772. The minimum Gasteiger partial charge on any atom is -0.497 e. The minimum absolute atomic E-state index is 0.598. The van der Waals surface area contributed by atoms with Crippen molar-refractivity contribution in [3.05, 3.63) is 89.7 Å². The van der Waals surface area contributed by atoms with E-state index < -0.39 is 0 Å². The van der Waals surface area contributed by atoms with Crippen molar-refractivity contribution in [2.45, 2.75) is 59.3 Å². The van der Waals surface area contributed by atoms with Gasteiger partial charge in [-0.25, -0.2) is 0 Å². The van der Waals surface area contributed by atoms with Gasteiger partial charge in [0.1, 0.15) is 11.5 Å². The second-order valence-corrected chi connectivity index (χ2v) is 8.29. The van der Waals surface area contributed by atoms with Crippen LogP contribution in [0.25, 0.3) is 0 Å². The molecule has 0 amide bonds. The number of nitrogens with zero attached hydrogens (tertiary/aromatic N) is 1. The predicted octanol–water partition coefficient (Wildman–Crippen LogP) is 7.84. The zero-order chi connectivity index (χ0) is 23.2. The molecule has 168 valence electrons. The highest BCUT2D eigenvalue weighted by Gasteiger charge is 1.98. The average molecular weight is 422 g/mol. The van der Waals surface area contributed by atoms with Gasteiger partial charge in [0.2, 0.25) is 0 Å². The van der Waals surface area contributed by atoms with Crippen LogP contribution in [-0.4, -0.2) is 19.2 Å². The number of methoxy groups -OCH3 is 2. The molecule has 0 bridgehead atoms. The van der Waals surface area contributed by atoms with Gasteiger partial charge in [0.25, 0.3) is 0 Å². The molecule has 0 aliphatic rings. The third kappa shape index (κ3) is 10.2. The van der Waals surface area contributed by atoms with Gasteiger partial charge in [-0.1, -0.05) is 65.8 Å². The third-order valence-corrected chi connectivity index (χ3v) is 4.94. The molecule has 3 heteroatoms. The summed E-state index contributed by atoms with van der Waals surface area (Å²) in [6.07, 6.45) is 3.66. The zero-order valence-corrected chi connectivity index (χ0v) is 20.4. The van der Waals surface area contributed by atoms with Crippen LogP contribution in [0, 0.1) is 0 Å². The quantitative estimate of drug-likeness (QED) is 0.420. The topological polar surface area (TPSA) is 31.4 Å². The molecule has 0 aliphatic carbocycles. The van der Waals surface area contributed by atoms with Crippen molar-refractivity contribution in [1.29, 1.82) is 0 Å². The van der Waals surface area contributed by atoms with Crippen molar-refractivity contribution in [2.75, 3.05) is 14.2 Å². The summed E-state index contributed by atoms with van der Waals surface area (Å²) < 4.78 is 10.1. The average Bonchev–Trinajstić information content (AvgIpc) is 2.80. The van der Waals surface area contributed by atoms with Crippen LogP contribution in [0.15, 0.2) is 73.1 Å². The van der Waals surface area contributed by atoms with E-state index in [0.717, 1.165) is 11.5 Å². The molecular formula is C28H39NO2. The molecule has 3 aromatic rings. The Morgan fingerprint density at radius 1 is 0.484 bits per heavy atom. The first-order valence-corrected chi connectivity index (χ1v) is 11.0. The first kappa shape index (κ1) is 26.2. The van der Waals surface area contributed by atoms with Gasteiger partial charge in [-0.2, -0.15) is 0 Å². The summed E-state index contributed by atoms with van der Waals surface area (Å²) in [4.78, 5) is 3.93. The molecule has 0 atom stereocenters. The molecule has 0 spiro atoms. The minimum atomic E-state index is 0.598. The van der Waals surface area contributed by atoms with Gasteiger partial charge in [0, 0.05) is 12.4 Å². The fourth-order valence-corrected chi connectivity index (χ4v) is 2.73. The number of rotatable bonds is 5. The molecule has 0 aliphatic heterocycles. The second-order valence-electron chi connectivity index (χ2n) is 8.29. The van der Waals surface area contributed by atoms with E-state index in [2.05, 4.69) is 70.8 Å². The van der Waals surface area contributed by atoms with E-state index in [-0.39, 0.29) is 0 Å². The van der Waals surface area contributed by atoms with Crippen LogP contribution in [-0.2, 0) is 0 Å². The van der Waals surface area contributed by atoms with Crippen molar-refractivity contribution >= 4 is 0 Å². The fraction of sp³-hybridized carbons (Fsp3) is 0.393. The van der Waals surface area contributed by atoms with E-state index in [1.54, 1.807) is 14.2 Å². The van der Waals surface area contributed by atoms with Crippen molar-refractivity contribution < 1.29 is 9.47 Å². The van der Waals surface area contributed by atoms with Crippen LogP contribution in [0.4, 0.5) is 0 Å². The maximum Gasteiger partial charge on any atom is 0.118 e. The van der Waals surface area contributed by atoms with Crippen LogP contribution in [0.5, 0.6) is 11.5 Å². The van der Waals surface area contributed by atoms with Crippen LogP contribution in [0.3, 0.4) is 0 Å². The van der Waals surface area contributed by atoms with Crippen LogP contribution >= 0.6 is 0 Å². The summed E-state index contributed by atoms with van der Waals surface area (Å²) in [5.74, 6) is 3.67. The summed E-state index contributed by atoms with van der Waals surface area (Å²) in [6, 6.07) is 20.5. The number of pyridine rings is 1. The number of benzene rings is 2. The molecule has 3 rings (SSSR count). The Labute approximate surface area is 189 Å². The van der Waals surface area contributed by atoms with Gasteiger partial charge in [0.15, 0.2) is 0 Å². The predicted molar refractivity (Wildman–Crippen MR) is 132 cm³/mol. The highest BCUT2D eigenvalue weighted by atomic mass is 16.5. The highest BCUT2D eigenvalue weighted by molar-refractivity contribution is 5.29. The Morgan fingerprint density at radius 3 is 1.00 bits per heavy atom. The molecular weight excluding hydrogens is 382 g/mol. The third-order valence-electron chi connectivity index (χ3n) is 4.94. The molecule has 0 unspecified atom stereocenters. The van der Waals surface area contributed by atoms with Gasteiger partial charge in [0.05, 0.1) is 14.2 Å². The lowest BCUT2D eigenvalue weighted by atomic mass is 10.0. The molecule has 2 aromatic carbocycles. The summed E-state index contributed by atoms with van der Waals surface area (Å²) in [5.41, 5.74) is 4.06. The molecule has 0 saturated carbocycles. The van der Waals surface area contributed by atoms with E-state index in [0.29, 0.717) is 17.8 Å². The summed E-state index contributed by atoms with van der Waals surface area (Å²) in [7, 11) is 3.37. The molecule has 0 N–H and O–H groups in total. The van der Waals surface area contributed by atoms with E-state index >= 15 is 0 Å². The summed E-state index contributed by atoms with van der Waals surface area (Å²) >= 11 is 0. The fourth-order valence-electron chi connectivity index (χ4n) is 2.73. The van der Waals surface area contributed by atoms with Gasteiger partial charge in [-0.3, -0.25) is 4.98 Å². The molecule has 0 saturated heterocycles. The lowest BCUT2D eigenvalue weighted by molar-refractivity contribution is 0.414. The van der Waals surface area contributed by atoms with E-state index in [4.69, 9.17) is 9.47 Å². The number of hydrogen-bond acceptors (Lipinski definition) is 3. The van der Waals surface area contributed by atoms with E-state index in [1.807, 2.05) is 48.8 Å². The maximum atomic E-state index is 5.05. The lowest BCUT2D eigenvalue weighted by Gasteiger charge is -2.05. The smallest absolute Gasteiger partial charge is 0.118 e. The number of aromatic nitrogens is 1. The van der Waals surface area contributed by atoms with Gasteiger partial charge < -0.3 is 9.47 Å². The molecule has 0 radical (unpaired) electrons. The Morgan fingerprint density at radius 2 is 0.774 bits per heavy atom. The van der Waals surface area contributed by atoms with Crippen LogP contribution < -0.4 is 9.47 Å². The van der Waals surface area contributed by atoms with Crippen molar-refractivity contribution in [3.63, 3.8) is 0 Å². The van der Waals surface area contributed by atoms with Gasteiger partial charge >= 0.3 is 0 Å². The monoisotopic (exact) mass is 421 g/mol. The molecule has 1 aromatic heterocycles. The first-order chi connectivity index (χ1) is 14.8. The van der Waals surface area contributed by atoms with E-state index in [9.17, 15) is 0 Å². The second kappa shape index (κ2) is 14.2. The standard InChI is InChI=1S/2C10H14O.C8H11N/c2*1-8(2)9-4-6-10(11-3)7-5-9;1-7(2)8-3-5-9-6-4-8/h2*4-8H,1-3H3;3-7H,1-2H3. The van der Waals surface area contributed by atoms with Crippen LogP contribution in [0.2, 0.25) is 0 Å². The van der Waals surface area contributed by atoms with Crippen LogP contribution in [0.1, 0.15) is 76.0 Å². The highest BCUT2D eigenvalue weighted by Crippen LogP contribution is 2.18. The van der Waals surface area contributed by atoms with Crippen molar-refractivity contribution in [3.8, 4) is 11.5 Å².